The smallest absolute Gasteiger partial charge is 0.264 e. The molecule has 3 aromatic rings. The Bertz CT molecular complexity index is 1270. The van der Waals surface area contributed by atoms with E-state index in [4.69, 9.17) is 11.6 Å². The lowest BCUT2D eigenvalue weighted by Gasteiger charge is -2.32. The van der Waals surface area contributed by atoms with E-state index in [1.54, 1.807) is 37.3 Å². The van der Waals surface area contributed by atoms with Crippen molar-refractivity contribution in [3.8, 4) is 0 Å². The maximum absolute atomic E-state index is 13.7. The van der Waals surface area contributed by atoms with Gasteiger partial charge in [0.15, 0.2) is 0 Å². The van der Waals surface area contributed by atoms with Gasteiger partial charge in [-0.25, -0.2) is 8.42 Å². The third kappa shape index (κ3) is 7.57. The van der Waals surface area contributed by atoms with Crippen LogP contribution in [0, 0.1) is 0 Å². The first kappa shape index (κ1) is 28.2. The second-order valence-corrected chi connectivity index (χ2v) is 10.9. The van der Waals surface area contributed by atoms with Gasteiger partial charge in [-0.1, -0.05) is 67.1 Å². The Morgan fingerprint density at radius 3 is 2.11 bits per heavy atom. The standard InChI is InChI=1S/C28H32ClN3O4S/c1-3-19-30-28(34)22(2)31(20-18-23-10-6-4-7-11-23)27(33)21-32(25-12-8-5-9-13-25)37(35,36)26-16-14-24(29)15-17-26/h4-17,22H,3,18-21H2,1-2H3,(H,30,34). The van der Waals surface area contributed by atoms with Crippen LogP contribution in [-0.4, -0.2) is 50.8 Å². The first-order valence-corrected chi connectivity index (χ1v) is 14.0. The topological polar surface area (TPSA) is 86.8 Å². The van der Waals surface area contributed by atoms with Crippen LogP contribution in [0.25, 0.3) is 0 Å². The summed E-state index contributed by atoms with van der Waals surface area (Å²) in [7, 11) is -4.10. The van der Waals surface area contributed by atoms with E-state index in [1.807, 2.05) is 37.3 Å². The normalized spacial score (nSPS) is 12.0. The van der Waals surface area contributed by atoms with Gasteiger partial charge in [0.2, 0.25) is 11.8 Å². The lowest BCUT2D eigenvalue weighted by molar-refractivity contribution is -0.138. The molecule has 0 aliphatic rings. The number of rotatable bonds is 12. The van der Waals surface area contributed by atoms with Crippen molar-refractivity contribution in [2.45, 2.75) is 37.6 Å². The summed E-state index contributed by atoms with van der Waals surface area (Å²) in [5.74, 6) is -0.758. The molecule has 7 nitrogen and oxygen atoms in total. The molecule has 1 N–H and O–H groups in total. The van der Waals surface area contributed by atoms with Crippen molar-refractivity contribution in [3.05, 3.63) is 95.5 Å². The molecule has 0 aromatic heterocycles. The Kier molecular flexibility index (Phi) is 10.1. The summed E-state index contributed by atoms with van der Waals surface area (Å²) in [6.45, 7) is 3.89. The highest BCUT2D eigenvalue weighted by atomic mass is 35.5. The van der Waals surface area contributed by atoms with Crippen molar-refractivity contribution in [2.24, 2.45) is 0 Å². The van der Waals surface area contributed by atoms with E-state index in [9.17, 15) is 18.0 Å². The average Bonchev–Trinajstić information content (AvgIpc) is 2.91. The van der Waals surface area contributed by atoms with Gasteiger partial charge in [0.1, 0.15) is 12.6 Å². The lowest BCUT2D eigenvalue weighted by atomic mass is 10.1. The lowest BCUT2D eigenvalue weighted by Crippen LogP contribution is -2.52. The van der Waals surface area contributed by atoms with Crippen molar-refractivity contribution in [1.29, 1.82) is 0 Å². The number of hydrogen-bond donors (Lipinski definition) is 1. The molecule has 0 bridgehead atoms. The molecule has 9 heteroatoms. The molecule has 0 saturated carbocycles. The van der Waals surface area contributed by atoms with Gasteiger partial charge < -0.3 is 10.2 Å². The fourth-order valence-electron chi connectivity index (χ4n) is 3.82. The SMILES string of the molecule is CCCNC(=O)C(C)N(CCc1ccccc1)C(=O)CN(c1ccccc1)S(=O)(=O)c1ccc(Cl)cc1. The molecule has 0 fully saturated rings. The van der Waals surface area contributed by atoms with E-state index in [0.717, 1.165) is 16.3 Å². The minimum absolute atomic E-state index is 0.0122. The van der Waals surface area contributed by atoms with Crippen LogP contribution in [-0.2, 0) is 26.0 Å². The highest BCUT2D eigenvalue weighted by Crippen LogP contribution is 2.25. The molecule has 0 spiro atoms. The van der Waals surface area contributed by atoms with Crippen molar-refractivity contribution in [3.63, 3.8) is 0 Å². The van der Waals surface area contributed by atoms with E-state index in [2.05, 4.69) is 5.32 Å². The second-order valence-electron chi connectivity index (χ2n) is 8.59. The van der Waals surface area contributed by atoms with Gasteiger partial charge in [0.05, 0.1) is 10.6 Å². The van der Waals surface area contributed by atoms with Crippen LogP contribution in [0.4, 0.5) is 5.69 Å². The molecular weight excluding hydrogens is 510 g/mol. The van der Waals surface area contributed by atoms with Crippen molar-refractivity contribution in [2.75, 3.05) is 23.9 Å². The summed E-state index contributed by atoms with van der Waals surface area (Å²) in [6, 6.07) is 23.1. The van der Waals surface area contributed by atoms with Crippen LogP contribution in [0.15, 0.2) is 89.8 Å². The van der Waals surface area contributed by atoms with Crippen molar-refractivity contribution >= 4 is 39.1 Å². The number of nitrogens with one attached hydrogen (secondary N) is 1. The molecule has 3 rings (SSSR count). The van der Waals surface area contributed by atoms with Gasteiger partial charge in [-0.15, -0.1) is 0 Å². The zero-order chi connectivity index (χ0) is 26.8. The molecule has 37 heavy (non-hydrogen) atoms. The molecule has 0 radical (unpaired) electrons. The number of carbonyl (C=O) groups is 2. The second kappa shape index (κ2) is 13.3. The maximum Gasteiger partial charge on any atom is 0.264 e. The summed E-state index contributed by atoms with van der Waals surface area (Å²) in [4.78, 5) is 28.0. The van der Waals surface area contributed by atoms with Gasteiger partial charge in [-0.2, -0.15) is 0 Å². The first-order chi connectivity index (χ1) is 17.7. The van der Waals surface area contributed by atoms with E-state index in [1.165, 1.54) is 29.2 Å². The maximum atomic E-state index is 13.7. The zero-order valence-corrected chi connectivity index (χ0v) is 22.6. The fraction of sp³-hybridized carbons (Fsp3) is 0.286. The zero-order valence-electron chi connectivity index (χ0n) is 21.0. The Hall–Kier alpha value is -3.36. The van der Waals surface area contributed by atoms with Crippen LogP contribution in [0.3, 0.4) is 0 Å². The Balaban J connectivity index is 1.93. The Morgan fingerprint density at radius 1 is 0.919 bits per heavy atom. The number of amides is 2. The van der Waals surface area contributed by atoms with Crippen LogP contribution in [0.2, 0.25) is 5.02 Å². The molecule has 1 atom stereocenters. The number of hydrogen-bond acceptors (Lipinski definition) is 4. The molecule has 1 unspecified atom stereocenters. The molecule has 0 aliphatic heterocycles. The van der Waals surface area contributed by atoms with Gasteiger partial charge in [0, 0.05) is 18.1 Å². The monoisotopic (exact) mass is 541 g/mol. The van der Waals surface area contributed by atoms with Crippen molar-refractivity contribution in [1.82, 2.24) is 10.2 Å². The summed E-state index contributed by atoms with van der Waals surface area (Å²) < 4.78 is 28.4. The van der Waals surface area contributed by atoms with E-state index >= 15 is 0 Å². The van der Waals surface area contributed by atoms with Crippen LogP contribution < -0.4 is 9.62 Å². The number of anilines is 1. The molecular formula is C28H32ClN3O4S. The Morgan fingerprint density at radius 2 is 1.51 bits per heavy atom. The molecule has 0 saturated heterocycles. The van der Waals surface area contributed by atoms with E-state index < -0.39 is 28.5 Å². The highest BCUT2D eigenvalue weighted by molar-refractivity contribution is 7.92. The fourth-order valence-corrected chi connectivity index (χ4v) is 5.36. The minimum Gasteiger partial charge on any atom is -0.354 e. The average molecular weight is 542 g/mol. The number of benzene rings is 3. The molecule has 0 heterocycles. The van der Waals surface area contributed by atoms with Gasteiger partial charge in [-0.05, 0) is 61.7 Å². The van der Waals surface area contributed by atoms with Gasteiger partial charge in [-0.3, -0.25) is 13.9 Å². The van der Waals surface area contributed by atoms with Gasteiger partial charge >= 0.3 is 0 Å². The number of para-hydroxylation sites is 1. The molecule has 196 valence electrons. The van der Waals surface area contributed by atoms with Gasteiger partial charge in [0.25, 0.3) is 10.0 Å². The van der Waals surface area contributed by atoms with Crippen LogP contribution in [0.1, 0.15) is 25.8 Å². The summed E-state index contributed by atoms with van der Waals surface area (Å²) in [5, 5.41) is 3.24. The predicted octanol–water partition coefficient (Wildman–Crippen LogP) is 4.52. The summed E-state index contributed by atoms with van der Waals surface area (Å²) in [6.07, 6.45) is 1.28. The van der Waals surface area contributed by atoms with E-state index in [-0.39, 0.29) is 17.3 Å². The predicted molar refractivity (Wildman–Crippen MR) is 147 cm³/mol. The van der Waals surface area contributed by atoms with Crippen LogP contribution >= 0.6 is 11.6 Å². The molecule has 0 aliphatic carbocycles. The number of carbonyl (C=O) groups excluding carboxylic acids is 2. The van der Waals surface area contributed by atoms with Crippen molar-refractivity contribution < 1.29 is 18.0 Å². The number of sulfonamides is 1. The highest BCUT2D eigenvalue weighted by Gasteiger charge is 2.32. The quantitative estimate of drug-likeness (QED) is 0.365. The molecule has 3 aromatic carbocycles. The summed E-state index contributed by atoms with van der Waals surface area (Å²) in [5.41, 5.74) is 1.35. The molecule has 2 amide bonds. The largest absolute Gasteiger partial charge is 0.354 e. The third-order valence-electron chi connectivity index (χ3n) is 5.93. The number of nitrogens with zero attached hydrogens (tertiary/aromatic N) is 2. The van der Waals surface area contributed by atoms with E-state index in [0.29, 0.717) is 23.7 Å². The van der Waals surface area contributed by atoms with Crippen LogP contribution in [0.5, 0.6) is 0 Å². The minimum atomic E-state index is -4.10. The number of halogens is 1. The Labute approximate surface area is 224 Å². The first-order valence-electron chi connectivity index (χ1n) is 12.2. The summed E-state index contributed by atoms with van der Waals surface area (Å²) >= 11 is 5.96. The third-order valence-corrected chi connectivity index (χ3v) is 7.97.